The van der Waals surface area contributed by atoms with Gasteiger partial charge < -0.3 is 16.4 Å². The van der Waals surface area contributed by atoms with Crippen molar-refractivity contribution in [1.29, 1.82) is 0 Å². The Morgan fingerprint density at radius 3 is 1.33 bits per heavy atom. The SMILES string of the molecule is Cc1ccc(C=Cc2cc(C=Cc3ccc(C)cc3)cc(C=Cc3ccc(NCC(=O)NCN)cc3)c2)cc1. The first-order chi connectivity index (χ1) is 19.0. The van der Waals surface area contributed by atoms with Gasteiger partial charge in [0.15, 0.2) is 0 Å². The molecule has 1 amide bonds. The Morgan fingerprint density at radius 1 is 0.590 bits per heavy atom. The Labute approximate surface area is 231 Å². The minimum absolute atomic E-state index is 0.134. The fourth-order valence-corrected chi connectivity index (χ4v) is 3.99. The van der Waals surface area contributed by atoms with Gasteiger partial charge in [-0.05, 0) is 77.6 Å². The van der Waals surface area contributed by atoms with Crippen LogP contribution in [0.15, 0.2) is 91.0 Å². The summed E-state index contributed by atoms with van der Waals surface area (Å²) in [7, 11) is 0. The average molecular weight is 514 g/mol. The van der Waals surface area contributed by atoms with Crippen molar-refractivity contribution in [2.45, 2.75) is 13.8 Å². The van der Waals surface area contributed by atoms with Gasteiger partial charge in [-0.1, -0.05) is 108 Å². The van der Waals surface area contributed by atoms with Crippen molar-refractivity contribution in [3.8, 4) is 0 Å². The molecular weight excluding hydrogens is 478 g/mol. The number of carbonyl (C=O) groups is 1. The topological polar surface area (TPSA) is 67.2 Å². The summed E-state index contributed by atoms with van der Waals surface area (Å²) in [5, 5.41) is 5.67. The second-order valence-electron chi connectivity index (χ2n) is 9.53. The van der Waals surface area contributed by atoms with Crippen LogP contribution in [0.5, 0.6) is 0 Å². The summed E-state index contributed by atoms with van der Waals surface area (Å²) in [4.78, 5) is 11.6. The van der Waals surface area contributed by atoms with Gasteiger partial charge in [0.05, 0.1) is 13.2 Å². The highest BCUT2D eigenvalue weighted by atomic mass is 16.1. The van der Waals surface area contributed by atoms with E-state index in [-0.39, 0.29) is 19.1 Å². The van der Waals surface area contributed by atoms with Crippen molar-refractivity contribution in [3.63, 3.8) is 0 Å². The van der Waals surface area contributed by atoms with E-state index < -0.39 is 0 Å². The summed E-state index contributed by atoms with van der Waals surface area (Å²) in [6.45, 7) is 4.52. The number of amides is 1. The van der Waals surface area contributed by atoms with Gasteiger partial charge in [0, 0.05) is 5.69 Å². The molecule has 0 aliphatic rings. The van der Waals surface area contributed by atoms with Crippen molar-refractivity contribution >= 4 is 48.1 Å². The molecular formula is C35H35N3O. The summed E-state index contributed by atoms with van der Waals surface area (Å²) in [6, 6.07) is 31.6. The maximum absolute atomic E-state index is 11.6. The standard InChI is InChI=1S/C35H35N3O/c1-26-3-7-28(8-4-26)11-14-31-21-32(15-12-29-9-5-27(2)6-10-29)23-33(22-31)16-13-30-17-19-34(20-18-30)37-24-35(39)38-25-36/h3-23,37H,24-25,36H2,1-2H3,(H,38,39). The van der Waals surface area contributed by atoms with E-state index in [0.717, 1.165) is 27.9 Å². The van der Waals surface area contributed by atoms with Gasteiger partial charge in [0.25, 0.3) is 0 Å². The van der Waals surface area contributed by atoms with E-state index in [1.54, 1.807) is 0 Å². The average Bonchev–Trinajstić information content (AvgIpc) is 2.95. The minimum Gasteiger partial charge on any atom is -0.376 e. The first-order valence-electron chi connectivity index (χ1n) is 13.1. The van der Waals surface area contributed by atoms with Gasteiger partial charge in [-0.15, -0.1) is 0 Å². The molecule has 0 spiro atoms. The molecule has 0 atom stereocenters. The van der Waals surface area contributed by atoms with E-state index in [2.05, 4.69) is 128 Å². The number of anilines is 1. The van der Waals surface area contributed by atoms with Gasteiger partial charge >= 0.3 is 0 Å². The molecule has 39 heavy (non-hydrogen) atoms. The van der Waals surface area contributed by atoms with E-state index in [9.17, 15) is 4.79 Å². The van der Waals surface area contributed by atoms with E-state index in [4.69, 9.17) is 5.73 Å². The first kappa shape index (κ1) is 27.4. The van der Waals surface area contributed by atoms with Crippen LogP contribution in [-0.2, 0) is 4.79 Å². The number of benzene rings is 4. The predicted octanol–water partition coefficient (Wildman–Crippen LogP) is 7.26. The lowest BCUT2D eigenvalue weighted by molar-refractivity contribution is -0.119. The Kier molecular flexibility index (Phi) is 9.65. The normalized spacial score (nSPS) is 11.5. The summed E-state index contributed by atoms with van der Waals surface area (Å²) in [5.41, 5.74) is 15.5. The molecule has 0 bridgehead atoms. The van der Waals surface area contributed by atoms with Gasteiger partial charge in [0.2, 0.25) is 5.91 Å². The van der Waals surface area contributed by atoms with Gasteiger partial charge in [-0.25, -0.2) is 0 Å². The third-order valence-electron chi connectivity index (χ3n) is 6.22. The molecule has 4 nitrogen and oxygen atoms in total. The number of carbonyl (C=O) groups excluding carboxylic acids is 1. The largest absolute Gasteiger partial charge is 0.376 e. The molecule has 4 aromatic rings. The summed E-state index contributed by atoms with van der Waals surface area (Å²) in [6.07, 6.45) is 12.8. The van der Waals surface area contributed by atoms with Crippen molar-refractivity contribution in [2.24, 2.45) is 5.73 Å². The van der Waals surface area contributed by atoms with Crippen LogP contribution in [0.2, 0.25) is 0 Å². The second kappa shape index (κ2) is 13.8. The predicted molar refractivity (Wildman–Crippen MR) is 168 cm³/mol. The van der Waals surface area contributed by atoms with Crippen LogP contribution >= 0.6 is 0 Å². The zero-order valence-corrected chi connectivity index (χ0v) is 22.5. The monoisotopic (exact) mass is 513 g/mol. The van der Waals surface area contributed by atoms with Crippen LogP contribution in [0.25, 0.3) is 36.5 Å². The molecule has 4 heteroatoms. The molecule has 0 aromatic heterocycles. The maximum atomic E-state index is 11.6. The van der Waals surface area contributed by atoms with Crippen LogP contribution in [0.4, 0.5) is 5.69 Å². The molecule has 0 saturated heterocycles. The molecule has 0 aliphatic heterocycles. The van der Waals surface area contributed by atoms with Gasteiger partial charge in [-0.2, -0.15) is 0 Å². The molecule has 0 saturated carbocycles. The fraction of sp³-hybridized carbons (Fsp3) is 0.114. The number of nitrogens with two attached hydrogens (primary N) is 1. The second-order valence-corrected chi connectivity index (χ2v) is 9.53. The number of hydrogen-bond acceptors (Lipinski definition) is 3. The highest BCUT2D eigenvalue weighted by Crippen LogP contribution is 2.20. The van der Waals surface area contributed by atoms with Gasteiger partial charge in [-0.3, -0.25) is 4.79 Å². The lowest BCUT2D eigenvalue weighted by atomic mass is 10.0. The molecule has 4 aromatic carbocycles. The Bertz CT molecular complexity index is 1390. The molecule has 0 radical (unpaired) electrons. The Balaban J connectivity index is 1.54. The molecule has 0 heterocycles. The summed E-state index contributed by atoms with van der Waals surface area (Å²) in [5.74, 6) is -0.134. The summed E-state index contributed by atoms with van der Waals surface area (Å²) >= 11 is 0. The van der Waals surface area contributed by atoms with Crippen molar-refractivity contribution < 1.29 is 4.79 Å². The third-order valence-corrected chi connectivity index (χ3v) is 6.22. The van der Waals surface area contributed by atoms with E-state index in [1.807, 2.05) is 24.3 Å². The fourth-order valence-electron chi connectivity index (χ4n) is 3.99. The number of hydrogen-bond donors (Lipinski definition) is 3. The maximum Gasteiger partial charge on any atom is 0.240 e. The number of nitrogens with one attached hydrogen (secondary N) is 2. The molecule has 0 fully saturated rings. The van der Waals surface area contributed by atoms with Gasteiger partial charge in [0.1, 0.15) is 0 Å². The van der Waals surface area contributed by atoms with Crippen molar-refractivity contribution in [1.82, 2.24) is 5.32 Å². The first-order valence-corrected chi connectivity index (χ1v) is 13.1. The smallest absolute Gasteiger partial charge is 0.240 e. The molecule has 4 rings (SSSR count). The summed E-state index contributed by atoms with van der Waals surface area (Å²) < 4.78 is 0. The zero-order valence-electron chi connectivity index (χ0n) is 22.5. The highest BCUT2D eigenvalue weighted by Gasteiger charge is 2.00. The highest BCUT2D eigenvalue weighted by molar-refractivity contribution is 5.81. The minimum atomic E-state index is -0.134. The van der Waals surface area contributed by atoms with Crippen LogP contribution in [0.1, 0.15) is 44.5 Å². The van der Waals surface area contributed by atoms with Crippen LogP contribution in [0, 0.1) is 13.8 Å². The lowest BCUT2D eigenvalue weighted by Gasteiger charge is -2.06. The molecule has 0 aliphatic carbocycles. The Hall–Kier alpha value is -4.67. The molecule has 4 N–H and O–H groups in total. The van der Waals surface area contributed by atoms with Crippen LogP contribution in [-0.4, -0.2) is 19.1 Å². The van der Waals surface area contributed by atoms with E-state index in [1.165, 1.54) is 22.3 Å². The van der Waals surface area contributed by atoms with E-state index >= 15 is 0 Å². The zero-order chi connectivity index (χ0) is 27.5. The van der Waals surface area contributed by atoms with Crippen LogP contribution in [0.3, 0.4) is 0 Å². The number of rotatable bonds is 10. The number of aryl methyl sites for hydroxylation is 2. The quantitative estimate of drug-likeness (QED) is 0.154. The van der Waals surface area contributed by atoms with Crippen molar-refractivity contribution in [3.05, 3.63) is 136 Å². The third kappa shape index (κ3) is 8.99. The molecule has 196 valence electrons. The lowest BCUT2D eigenvalue weighted by Crippen LogP contribution is -2.34. The molecule has 0 unspecified atom stereocenters. The van der Waals surface area contributed by atoms with Crippen LogP contribution < -0.4 is 16.4 Å². The van der Waals surface area contributed by atoms with Crippen molar-refractivity contribution in [2.75, 3.05) is 18.5 Å². The Morgan fingerprint density at radius 2 is 0.949 bits per heavy atom. The van der Waals surface area contributed by atoms with E-state index in [0.29, 0.717) is 0 Å².